The molecule has 130 valence electrons. The second-order valence-corrected chi connectivity index (χ2v) is 8.78. The zero-order chi connectivity index (χ0) is 17.7. The van der Waals surface area contributed by atoms with Crippen molar-refractivity contribution < 1.29 is 22.8 Å². The molecule has 23 heavy (non-hydrogen) atoms. The van der Waals surface area contributed by atoms with E-state index >= 15 is 0 Å². The van der Waals surface area contributed by atoms with Crippen LogP contribution in [0.1, 0.15) is 24.2 Å². The molecule has 1 aromatic rings. The summed E-state index contributed by atoms with van der Waals surface area (Å²) < 4.78 is 33.8. The predicted octanol–water partition coefficient (Wildman–Crippen LogP) is 4.52. The minimum Gasteiger partial charge on any atom is -0.334 e. The molecule has 0 aromatic heterocycles. The van der Waals surface area contributed by atoms with E-state index in [9.17, 15) is 13.8 Å². The largest absolute Gasteiger partial charge is 0.357 e. The molecule has 0 saturated carbocycles. The highest BCUT2D eigenvalue weighted by molar-refractivity contribution is 7.55. The predicted molar refractivity (Wildman–Crippen MR) is 88.8 cm³/mol. The van der Waals surface area contributed by atoms with Gasteiger partial charge >= 0.3 is 7.60 Å². The molecule has 0 fully saturated rings. The lowest BCUT2D eigenvalue weighted by Gasteiger charge is -2.31. The Morgan fingerprint density at radius 3 is 2.09 bits per heavy atom. The number of carbonyl (C=O) groups is 1. The molecule has 0 spiro atoms. The van der Waals surface area contributed by atoms with E-state index in [0.29, 0.717) is 0 Å². The van der Waals surface area contributed by atoms with Crippen molar-refractivity contribution >= 4 is 48.3 Å². The van der Waals surface area contributed by atoms with Crippen LogP contribution in [0.15, 0.2) is 24.3 Å². The molecular formula is C13H16Cl3FNO4P. The van der Waals surface area contributed by atoms with Crippen molar-refractivity contribution in [2.24, 2.45) is 0 Å². The molecule has 10 heteroatoms. The molecule has 0 saturated heterocycles. The second kappa shape index (κ2) is 8.65. The SMILES string of the molecule is CCOP(=O)(OCC)C(NC(=O)c1ccc(F)cc1)C(Cl)(Cl)Cl. The quantitative estimate of drug-likeness (QED) is 0.534. The fourth-order valence-corrected chi connectivity index (χ4v) is 4.66. The van der Waals surface area contributed by atoms with Gasteiger partial charge in [0.1, 0.15) is 5.82 Å². The van der Waals surface area contributed by atoms with Crippen LogP contribution < -0.4 is 5.32 Å². The van der Waals surface area contributed by atoms with Crippen molar-refractivity contribution in [3.63, 3.8) is 0 Å². The topological polar surface area (TPSA) is 64.6 Å². The third-order valence-electron chi connectivity index (χ3n) is 2.62. The maximum Gasteiger partial charge on any atom is 0.357 e. The maximum atomic E-state index is 12.9. The molecule has 1 unspecified atom stereocenters. The average Bonchev–Trinajstić information content (AvgIpc) is 2.44. The van der Waals surface area contributed by atoms with Gasteiger partial charge in [0.15, 0.2) is 5.78 Å². The molecular weight excluding hydrogens is 390 g/mol. The molecule has 0 bridgehead atoms. The van der Waals surface area contributed by atoms with Crippen LogP contribution in [0.3, 0.4) is 0 Å². The highest BCUT2D eigenvalue weighted by Gasteiger charge is 2.49. The third-order valence-corrected chi connectivity index (χ3v) is 6.11. The zero-order valence-electron chi connectivity index (χ0n) is 12.4. The number of benzene rings is 1. The van der Waals surface area contributed by atoms with Crippen LogP contribution in [-0.2, 0) is 13.6 Å². The van der Waals surface area contributed by atoms with E-state index in [1.165, 1.54) is 12.1 Å². The van der Waals surface area contributed by atoms with Gasteiger partial charge in [-0.3, -0.25) is 9.36 Å². The van der Waals surface area contributed by atoms with Crippen LogP contribution in [0, 0.1) is 5.82 Å². The lowest BCUT2D eigenvalue weighted by atomic mass is 10.2. The van der Waals surface area contributed by atoms with Gasteiger partial charge in [-0.05, 0) is 38.1 Å². The van der Waals surface area contributed by atoms with Gasteiger partial charge < -0.3 is 14.4 Å². The second-order valence-electron chi connectivity index (χ2n) is 4.30. The first-order valence-electron chi connectivity index (χ1n) is 6.66. The Hall–Kier alpha value is -0.360. The first kappa shape index (κ1) is 20.7. The fraction of sp³-hybridized carbons (Fsp3) is 0.462. The zero-order valence-corrected chi connectivity index (χ0v) is 15.6. The molecule has 0 aliphatic rings. The number of nitrogens with one attached hydrogen (secondary N) is 1. The molecule has 1 rings (SSSR count). The number of amides is 1. The molecule has 1 atom stereocenters. The van der Waals surface area contributed by atoms with Gasteiger partial charge in [0, 0.05) is 5.56 Å². The Morgan fingerprint density at radius 2 is 1.70 bits per heavy atom. The van der Waals surface area contributed by atoms with E-state index in [2.05, 4.69) is 5.32 Å². The minimum absolute atomic E-state index is 0.0287. The maximum absolute atomic E-state index is 12.9. The molecule has 0 radical (unpaired) electrons. The molecule has 0 aliphatic carbocycles. The smallest absolute Gasteiger partial charge is 0.334 e. The summed E-state index contributed by atoms with van der Waals surface area (Å²) in [6.07, 6.45) is 0. The van der Waals surface area contributed by atoms with E-state index in [1.54, 1.807) is 13.8 Å². The lowest BCUT2D eigenvalue weighted by Crippen LogP contribution is -2.44. The van der Waals surface area contributed by atoms with Gasteiger partial charge in [-0.1, -0.05) is 34.8 Å². The Kier molecular flexibility index (Phi) is 7.78. The minimum atomic E-state index is -3.94. The van der Waals surface area contributed by atoms with Gasteiger partial charge in [-0.2, -0.15) is 0 Å². The van der Waals surface area contributed by atoms with Crippen LogP contribution >= 0.6 is 42.4 Å². The molecule has 5 nitrogen and oxygen atoms in total. The number of rotatable bonds is 7. The van der Waals surface area contributed by atoms with Crippen molar-refractivity contribution in [1.82, 2.24) is 5.32 Å². The number of halogens is 4. The van der Waals surface area contributed by atoms with E-state index in [0.717, 1.165) is 12.1 Å². The van der Waals surface area contributed by atoms with Crippen molar-refractivity contribution in [3.05, 3.63) is 35.6 Å². The summed E-state index contributed by atoms with van der Waals surface area (Å²) in [7, 11) is -3.94. The Balaban J connectivity index is 3.09. The van der Waals surface area contributed by atoms with Gasteiger partial charge in [0.25, 0.3) is 5.91 Å². The normalized spacial score (nSPS) is 13.7. The van der Waals surface area contributed by atoms with Crippen molar-refractivity contribution in [1.29, 1.82) is 0 Å². The standard InChI is InChI=1S/C13H16Cl3FNO4P/c1-3-21-23(20,22-4-2)12(13(14,15)16)18-11(19)9-5-7-10(17)8-6-9/h5-8,12H,3-4H2,1-2H3,(H,18,19). The Labute approximate surface area is 148 Å². The number of alkyl halides is 3. The number of hydrogen-bond acceptors (Lipinski definition) is 4. The molecule has 1 amide bonds. The van der Waals surface area contributed by atoms with Crippen molar-refractivity contribution in [2.75, 3.05) is 13.2 Å². The van der Waals surface area contributed by atoms with Gasteiger partial charge in [-0.25, -0.2) is 4.39 Å². The summed E-state index contributed by atoms with van der Waals surface area (Å²) in [6.45, 7) is 3.23. The van der Waals surface area contributed by atoms with Crippen LogP contribution in [-0.4, -0.2) is 28.7 Å². The first-order valence-corrected chi connectivity index (χ1v) is 9.40. The molecule has 1 N–H and O–H groups in total. The van der Waals surface area contributed by atoms with Gasteiger partial charge in [0.2, 0.25) is 3.79 Å². The summed E-state index contributed by atoms with van der Waals surface area (Å²) >= 11 is 17.5. The van der Waals surface area contributed by atoms with Crippen LogP contribution in [0.5, 0.6) is 0 Å². The van der Waals surface area contributed by atoms with Crippen LogP contribution in [0.25, 0.3) is 0 Å². The van der Waals surface area contributed by atoms with E-state index in [-0.39, 0.29) is 18.8 Å². The number of hydrogen-bond donors (Lipinski definition) is 1. The summed E-state index contributed by atoms with van der Waals surface area (Å²) in [5.74, 6) is -2.74. The van der Waals surface area contributed by atoms with Crippen LogP contribution in [0.2, 0.25) is 0 Å². The van der Waals surface area contributed by atoms with E-state index in [4.69, 9.17) is 43.9 Å². The Morgan fingerprint density at radius 1 is 1.22 bits per heavy atom. The Bertz CT molecular complexity index is 570. The monoisotopic (exact) mass is 405 g/mol. The summed E-state index contributed by atoms with van der Waals surface area (Å²) in [6, 6.07) is 4.69. The summed E-state index contributed by atoms with van der Waals surface area (Å²) in [4.78, 5) is 12.2. The fourth-order valence-electron chi connectivity index (χ4n) is 1.70. The van der Waals surface area contributed by atoms with E-state index < -0.39 is 28.9 Å². The summed E-state index contributed by atoms with van der Waals surface area (Å²) in [5.41, 5.74) is 0.102. The van der Waals surface area contributed by atoms with Gasteiger partial charge in [-0.15, -0.1) is 0 Å². The van der Waals surface area contributed by atoms with Crippen molar-refractivity contribution in [3.8, 4) is 0 Å². The highest BCUT2D eigenvalue weighted by Crippen LogP contribution is 2.58. The lowest BCUT2D eigenvalue weighted by molar-refractivity contribution is 0.0938. The first-order chi connectivity index (χ1) is 10.6. The molecule has 0 aliphatic heterocycles. The number of carbonyl (C=O) groups excluding carboxylic acids is 1. The molecule has 0 heterocycles. The highest BCUT2D eigenvalue weighted by atomic mass is 35.6. The van der Waals surface area contributed by atoms with Crippen LogP contribution in [0.4, 0.5) is 4.39 Å². The molecule has 1 aromatic carbocycles. The third kappa shape index (κ3) is 5.89. The summed E-state index contributed by atoms with van der Waals surface area (Å²) in [5, 5.41) is 2.33. The van der Waals surface area contributed by atoms with E-state index in [1.807, 2.05) is 0 Å². The average molecular weight is 407 g/mol. The van der Waals surface area contributed by atoms with Crippen molar-refractivity contribution in [2.45, 2.75) is 23.4 Å². The van der Waals surface area contributed by atoms with Gasteiger partial charge in [0.05, 0.1) is 13.2 Å².